The molecule has 2 N–H and O–H groups in total. The molecule has 0 amide bonds. The predicted octanol–water partition coefficient (Wildman–Crippen LogP) is 3.33. The van der Waals surface area contributed by atoms with Crippen LogP contribution in [0.1, 0.15) is 23.5 Å². The number of piperidine rings is 1. The quantitative estimate of drug-likeness (QED) is 0.936. The number of ether oxygens (including phenoxy) is 2. The number of hydrogen-bond acceptors (Lipinski definition) is 4. The third kappa shape index (κ3) is 3.65. The molecule has 3 rings (SSSR count). The zero-order valence-corrected chi connectivity index (χ0v) is 14.7. The Bertz CT molecular complexity index is 662. The van der Waals surface area contributed by atoms with Crippen LogP contribution in [-0.4, -0.2) is 33.4 Å². The molecule has 1 aliphatic rings. The van der Waals surface area contributed by atoms with E-state index in [0.29, 0.717) is 5.92 Å². The first kappa shape index (κ1) is 16.7. The molecule has 2 aromatic rings. The van der Waals surface area contributed by atoms with Crippen LogP contribution in [0.15, 0.2) is 42.5 Å². The minimum absolute atomic E-state index is 0.155. The molecular weight excluding hydrogens is 300 g/mol. The standard InChI is InChI=1S/C20H26N2O2/c1-14-4-6-15(7-5-14)16-8-17(21)13-22(12-16)18-9-19(23-2)11-20(10-18)24-3/h4-7,9-11,16-17H,8,12-13,21H2,1-3H3. The van der Waals surface area contributed by atoms with Gasteiger partial charge < -0.3 is 20.1 Å². The normalized spacial score (nSPS) is 20.8. The highest BCUT2D eigenvalue weighted by Gasteiger charge is 2.27. The smallest absolute Gasteiger partial charge is 0.124 e. The van der Waals surface area contributed by atoms with Gasteiger partial charge in [-0.05, 0) is 18.9 Å². The number of anilines is 1. The zero-order valence-electron chi connectivity index (χ0n) is 14.7. The van der Waals surface area contributed by atoms with Crippen LogP contribution < -0.4 is 20.1 Å². The number of rotatable bonds is 4. The average molecular weight is 326 g/mol. The minimum Gasteiger partial charge on any atom is -0.497 e. The Morgan fingerprint density at radius 2 is 1.58 bits per heavy atom. The molecule has 2 atom stereocenters. The van der Waals surface area contributed by atoms with Crippen molar-refractivity contribution in [2.24, 2.45) is 5.73 Å². The highest BCUT2D eigenvalue weighted by molar-refractivity contribution is 5.56. The van der Waals surface area contributed by atoms with Gasteiger partial charge in [0.1, 0.15) is 11.5 Å². The molecule has 0 saturated carbocycles. The molecule has 2 aromatic carbocycles. The molecule has 0 bridgehead atoms. The molecule has 128 valence electrons. The molecule has 0 spiro atoms. The summed E-state index contributed by atoms with van der Waals surface area (Å²) < 4.78 is 10.8. The lowest BCUT2D eigenvalue weighted by atomic mass is 9.87. The number of hydrogen-bond donors (Lipinski definition) is 1. The monoisotopic (exact) mass is 326 g/mol. The Hall–Kier alpha value is -2.20. The second kappa shape index (κ2) is 7.14. The molecule has 0 radical (unpaired) electrons. The molecule has 1 saturated heterocycles. The molecule has 2 unspecified atom stereocenters. The van der Waals surface area contributed by atoms with Crippen molar-refractivity contribution in [2.75, 3.05) is 32.2 Å². The lowest BCUT2D eigenvalue weighted by Gasteiger charge is -2.38. The van der Waals surface area contributed by atoms with E-state index < -0.39 is 0 Å². The first-order chi connectivity index (χ1) is 11.6. The Kier molecular flexibility index (Phi) is 4.95. The minimum atomic E-state index is 0.155. The third-order valence-electron chi connectivity index (χ3n) is 4.73. The fourth-order valence-corrected chi connectivity index (χ4v) is 3.40. The number of nitrogens with zero attached hydrogens (tertiary/aromatic N) is 1. The first-order valence-electron chi connectivity index (χ1n) is 8.39. The fourth-order valence-electron chi connectivity index (χ4n) is 3.40. The van der Waals surface area contributed by atoms with Crippen molar-refractivity contribution in [3.63, 3.8) is 0 Å². The molecular formula is C20H26N2O2. The Balaban J connectivity index is 1.86. The molecule has 24 heavy (non-hydrogen) atoms. The summed E-state index contributed by atoms with van der Waals surface area (Å²) in [4.78, 5) is 2.34. The van der Waals surface area contributed by atoms with Gasteiger partial charge in [-0.25, -0.2) is 0 Å². The summed E-state index contributed by atoms with van der Waals surface area (Å²) in [6.07, 6.45) is 1.01. The van der Waals surface area contributed by atoms with Gasteiger partial charge in [-0.1, -0.05) is 29.8 Å². The lowest BCUT2D eigenvalue weighted by molar-refractivity contribution is 0.393. The predicted molar refractivity (Wildman–Crippen MR) is 98.3 cm³/mol. The lowest BCUT2D eigenvalue weighted by Crippen LogP contribution is -2.46. The third-order valence-corrected chi connectivity index (χ3v) is 4.73. The van der Waals surface area contributed by atoms with Crippen molar-refractivity contribution in [1.82, 2.24) is 0 Å². The van der Waals surface area contributed by atoms with Crippen molar-refractivity contribution in [1.29, 1.82) is 0 Å². The van der Waals surface area contributed by atoms with Crippen molar-refractivity contribution >= 4 is 5.69 Å². The largest absolute Gasteiger partial charge is 0.497 e. The van der Waals surface area contributed by atoms with Crippen molar-refractivity contribution in [3.05, 3.63) is 53.6 Å². The van der Waals surface area contributed by atoms with Gasteiger partial charge in [-0.3, -0.25) is 0 Å². The van der Waals surface area contributed by atoms with Crippen molar-refractivity contribution < 1.29 is 9.47 Å². The van der Waals surface area contributed by atoms with Crippen LogP contribution in [0, 0.1) is 6.92 Å². The highest BCUT2D eigenvalue weighted by Crippen LogP contribution is 2.33. The van der Waals surface area contributed by atoms with Gasteiger partial charge in [-0.15, -0.1) is 0 Å². The number of methoxy groups -OCH3 is 2. The van der Waals surface area contributed by atoms with Gasteiger partial charge in [0.15, 0.2) is 0 Å². The fraction of sp³-hybridized carbons (Fsp3) is 0.400. The van der Waals surface area contributed by atoms with Gasteiger partial charge in [-0.2, -0.15) is 0 Å². The maximum absolute atomic E-state index is 6.36. The highest BCUT2D eigenvalue weighted by atomic mass is 16.5. The van der Waals surface area contributed by atoms with Crippen molar-refractivity contribution in [3.8, 4) is 11.5 Å². The van der Waals surface area contributed by atoms with E-state index in [1.54, 1.807) is 14.2 Å². The average Bonchev–Trinajstić information content (AvgIpc) is 2.61. The van der Waals surface area contributed by atoms with Crippen LogP contribution in [0.25, 0.3) is 0 Å². The number of aryl methyl sites for hydroxylation is 1. The van der Waals surface area contributed by atoms with E-state index in [1.165, 1.54) is 11.1 Å². The summed E-state index contributed by atoms with van der Waals surface area (Å²) in [7, 11) is 3.35. The Labute approximate surface area is 144 Å². The van der Waals surface area contributed by atoms with Gasteiger partial charge in [0.05, 0.1) is 14.2 Å². The molecule has 4 heteroatoms. The second-order valence-corrected chi connectivity index (χ2v) is 6.58. The molecule has 1 fully saturated rings. The van der Waals surface area contributed by atoms with Gasteiger partial charge in [0.25, 0.3) is 0 Å². The van der Waals surface area contributed by atoms with E-state index in [4.69, 9.17) is 15.2 Å². The molecule has 0 aliphatic carbocycles. The molecule has 1 heterocycles. The first-order valence-corrected chi connectivity index (χ1v) is 8.39. The summed E-state index contributed by atoms with van der Waals surface area (Å²) in [5, 5.41) is 0. The van der Waals surface area contributed by atoms with Gasteiger partial charge in [0.2, 0.25) is 0 Å². The molecule has 0 aromatic heterocycles. The van der Waals surface area contributed by atoms with Crippen LogP contribution in [0.2, 0.25) is 0 Å². The van der Waals surface area contributed by atoms with Crippen molar-refractivity contribution in [2.45, 2.75) is 25.3 Å². The van der Waals surface area contributed by atoms with E-state index in [-0.39, 0.29) is 6.04 Å². The maximum atomic E-state index is 6.36. The number of benzene rings is 2. The Morgan fingerprint density at radius 1 is 0.958 bits per heavy atom. The SMILES string of the molecule is COc1cc(OC)cc(N2CC(N)CC(c3ccc(C)cc3)C2)c1. The maximum Gasteiger partial charge on any atom is 0.124 e. The van der Waals surface area contributed by atoms with Crippen LogP contribution in [0.3, 0.4) is 0 Å². The summed E-state index contributed by atoms with van der Waals surface area (Å²) in [5.41, 5.74) is 10.1. The van der Waals surface area contributed by atoms with E-state index in [9.17, 15) is 0 Å². The summed E-state index contributed by atoms with van der Waals surface area (Å²) >= 11 is 0. The van der Waals surface area contributed by atoms with E-state index >= 15 is 0 Å². The van der Waals surface area contributed by atoms with Crippen LogP contribution in [-0.2, 0) is 0 Å². The molecule has 1 aliphatic heterocycles. The van der Waals surface area contributed by atoms with E-state index in [1.807, 2.05) is 18.2 Å². The van der Waals surface area contributed by atoms with Crippen LogP contribution in [0.5, 0.6) is 11.5 Å². The van der Waals surface area contributed by atoms with Gasteiger partial charge in [0, 0.05) is 48.9 Å². The van der Waals surface area contributed by atoms with E-state index in [2.05, 4.69) is 36.1 Å². The van der Waals surface area contributed by atoms with Gasteiger partial charge >= 0.3 is 0 Å². The number of nitrogens with two attached hydrogens (primary N) is 1. The summed E-state index contributed by atoms with van der Waals surface area (Å²) in [6, 6.07) is 14.9. The Morgan fingerprint density at radius 3 is 2.17 bits per heavy atom. The summed E-state index contributed by atoms with van der Waals surface area (Å²) in [5.74, 6) is 2.04. The molecule has 4 nitrogen and oxygen atoms in total. The van der Waals surface area contributed by atoms with Crippen LogP contribution in [0.4, 0.5) is 5.69 Å². The van der Waals surface area contributed by atoms with E-state index in [0.717, 1.165) is 36.7 Å². The zero-order chi connectivity index (χ0) is 17.1. The topological polar surface area (TPSA) is 47.7 Å². The summed E-state index contributed by atoms with van der Waals surface area (Å²) in [6.45, 7) is 3.91. The van der Waals surface area contributed by atoms with Crippen LogP contribution >= 0.6 is 0 Å². The second-order valence-electron chi connectivity index (χ2n) is 6.58.